The summed E-state index contributed by atoms with van der Waals surface area (Å²) in [6, 6.07) is 16.6. The van der Waals surface area contributed by atoms with E-state index in [1.54, 1.807) is 0 Å². The molecule has 1 fully saturated rings. The van der Waals surface area contributed by atoms with Gasteiger partial charge in [0.15, 0.2) is 5.82 Å². The molecule has 5 rings (SSSR count). The first-order chi connectivity index (χ1) is 17.7. The molecule has 0 aliphatic carbocycles. The number of carbonyl (C=O) groups is 1. The minimum Gasteiger partial charge on any atom is -0.392 e. The standard InChI is InChI=1S/C27H22F4N4O2/c28-18-9-10-22(23(13-18)27(29,30)31)26(37)32-19-11-12-35(14-19)25-21-4-2-1-3-20(21)24(33-34-25)17-7-5-16(15-36)6-8-17/h1-10,13,19,36H,11-12,14-15H2,(H,32,37)/t19-/m1/s1. The summed E-state index contributed by atoms with van der Waals surface area (Å²) in [5, 5.41) is 22.6. The second-order valence-electron chi connectivity index (χ2n) is 8.87. The summed E-state index contributed by atoms with van der Waals surface area (Å²) in [7, 11) is 0. The quantitative estimate of drug-likeness (QED) is 0.372. The van der Waals surface area contributed by atoms with Gasteiger partial charge in [0, 0.05) is 35.5 Å². The van der Waals surface area contributed by atoms with Gasteiger partial charge in [-0.05, 0) is 30.2 Å². The molecule has 2 N–H and O–H groups in total. The van der Waals surface area contributed by atoms with E-state index in [0.29, 0.717) is 37.1 Å². The van der Waals surface area contributed by atoms with Crippen LogP contribution in [0.1, 0.15) is 27.9 Å². The summed E-state index contributed by atoms with van der Waals surface area (Å²) in [4.78, 5) is 14.6. The number of nitrogens with zero attached hydrogens (tertiary/aromatic N) is 3. The second-order valence-corrected chi connectivity index (χ2v) is 8.87. The Kier molecular flexibility index (Phi) is 6.51. The molecule has 1 atom stereocenters. The first-order valence-corrected chi connectivity index (χ1v) is 11.6. The fraction of sp³-hybridized carbons (Fsp3) is 0.222. The number of amides is 1. The van der Waals surface area contributed by atoms with E-state index in [0.717, 1.165) is 34.0 Å². The normalized spacial score (nSPS) is 15.8. The van der Waals surface area contributed by atoms with E-state index in [1.807, 2.05) is 53.4 Å². The molecule has 1 aliphatic heterocycles. The van der Waals surface area contributed by atoms with Crippen LogP contribution in [0.25, 0.3) is 22.0 Å². The maximum Gasteiger partial charge on any atom is 0.417 e. The third-order valence-electron chi connectivity index (χ3n) is 6.43. The van der Waals surface area contributed by atoms with Gasteiger partial charge >= 0.3 is 6.18 Å². The van der Waals surface area contributed by atoms with Crippen molar-refractivity contribution < 1.29 is 27.5 Å². The van der Waals surface area contributed by atoms with Crippen LogP contribution >= 0.6 is 0 Å². The Balaban J connectivity index is 1.38. The number of aliphatic hydroxyl groups excluding tert-OH is 1. The highest BCUT2D eigenvalue weighted by atomic mass is 19.4. The number of aromatic nitrogens is 2. The van der Waals surface area contributed by atoms with Gasteiger partial charge in [-0.1, -0.05) is 48.5 Å². The van der Waals surface area contributed by atoms with Crippen molar-refractivity contribution in [1.82, 2.24) is 15.5 Å². The number of aliphatic hydroxyl groups is 1. The highest BCUT2D eigenvalue weighted by Crippen LogP contribution is 2.34. The molecule has 4 aromatic rings. The lowest BCUT2D eigenvalue weighted by Crippen LogP contribution is -2.38. The molecule has 0 saturated carbocycles. The van der Waals surface area contributed by atoms with Crippen molar-refractivity contribution in [2.75, 3.05) is 18.0 Å². The van der Waals surface area contributed by atoms with Crippen LogP contribution in [0.2, 0.25) is 0 Å². The van der Waals surface area contributed by atoms with Gasteiger partial charge in [0.2, 0.25) is 0 Å². The van der Waals surface area contributed by atoms with Crippen LogP contribution in [0, 0.1) is 5.82 Å². The van der Waals surface area contributed by atoms with E-state index in [-0.39, 0.29) is 6.61 Å². The monoisotopic (exact) mass is 510 g/mol. The Morgan fingerprint density at radius 3 is 2.46 bits per heavy atom. The Hall–Kier alpha value is -4.05. The first-order valence-electron chi connectivity index (χ1n) is 11.6. The molecule has 2 heterocycles. The zero-order valence-electron chi connectivity index (χ0n) is 19.5. The van der Waals surface area contributed by atoms with E-state index in [1.165, 1.54) is 0 Å². The zero-order chi connectivity index (χ0) is 26.2. The van der Waals surface area contributed by atoms with Crippen molar-refractivity contribution in [2.45, 2.75) is 25.2 Å². The smallest absolute Gasteiger partial charge is 0.392 e. The zero-order valence-corrected chi connectivity index (χ0v) is 19.5. The van der Waals surface area contributed by atoms with E-state index in [9.17, 15) is 27.5 Å². The molecule has 0 unspecified atom stereocenters. The molecular formula is C27H22F4N4O2. The van der Waals surface area contributed by atoms with E-state index < -0.39 is 35.1 Å². The van der Waals surface area contributed by atoms with Gasteiger partial charge in [0.1, 0.15) is 11.5 Å². The molecule has 3 aromatic carbocycles. The number of anilines is 1. The number of fused-ring (bicyclic) bond motifs is 1. The number of carbonyl (C=O) groups excluding carboxylic acids is 1. The van der Waals surface area contributed by atoms with Gasteiger partial charge in [0.25, 0.3) is 5.91 Å². The summed E-state index contributed by atoms with van der Waals surface area (Å²) in [5.41, 5.74) is 0.391. The van der Waals surface area contributed by atoms with Crippen molar-refractivity contribution in [2.24, 2.45) is 0 Å². The largest absolute Gasteiger partial charge is 0.417 e. The molecule has 0 bridgehead atoms. The average molecular weight is 510 g/mol. The minimum atomic E-state index is -4.86. The fourth-order valence-corrected chi connectivity index (χ4v) is 4.59. The molecular weight excluding hydrogens is 488 g/mol. The van der Waals surface area contributed by atoms with Crippen LogP contribution in [0.15, 0.2) is 66.7 Å². The molecule has 0 spiro atoms. The number of benzene rings is 3. The van der Waals surface area contributed by atoms with Crippen LogP contribution in [0.3, 0.4) is 0 Å². The third-order valence-corrected chi connectivity index (χ3v) is 6.43. The van der Waals surface area contributed by atoms with Crippen molar-refractivity contribution in [1.29, 1.82) is 0 Å². The van der Waals surface area contributed by atoms with Crippen LogP contribution < -0.4 is 10.2 Å². The van der Waals surface area contributed by atoms with Crippen LogP contribution in [0.4, 0.5) is 23.4 Å². The molecule has 1 aliphatic rings. The Morgan fingerprint density at radius 1 is 1.03 bits per heavy atom. The lowest BCUT2D eigenvalue weighted by molar-refractivity contribution is -0.138. The average Bonchev–Trinajstić information content (AvgIpc) is 3.35. The molecule has 1 amide bonds. The van der Waals surface area contributed by atoms with Crippen LogP contribution in [0.5, 0.6) is 0 Å². The molecule has 190 valence electrons. The first kappa shape index (κ1) is 24.6. The summed E-state index contributed by atoms with van der Waals surface area (Å²) in [5.74, 6) is -1.35. The van der Waals surface area contributed by atoms with Gasteiger partial charge < -0.3 is 15.3 Å². The predicted octanol–water partition coefficient (Wildman–Crippen LogP) is 4.96. The van der Waals surface area contributed by atoms with Crippen molar-refractivity contribution in [3.63, 3.8) is 0 Å². The van der Waals surface area contributed by atoms with E-state index in [2.05, 4.69) is 15.5 Å². The molecule has 10 heteroatoms. The molecule has 1 saturated heterocycles. The summed E-state index contributed by atoms with van der Waals surface area (Å²) >= 11 is 0. The minimum absolute atomic E-state index is 0.0585. The maximum absolute atomic E-state index is 13.4. The maximum atomic E-state index is 13.4. The lowest BCUT2D eigenvalue weighted by atomic mass is 10.0. The van der Waals surface area contributed by atoms with Gasteiger partial charge in [-0.3, -0.25) is 4.79 Å². The van der Waals surface area contributed by atoms with E-state index >= 15 is 0 Å². The Morgan fingerprint density at radius 2 is 1.76 bits per heavy atom. The predicted molar refractivity (Wildman–Crippen MR) is 130 cm³/mol. The number of rotatable bonds is 5. The van der Waals surface area contributed by atoms with Gasteiger partial charge in [0.05, 0.1) is 17.7 Å². The van der Waals surface area contributed by atoms with E-state index in [4.69, 9.17) is 0 Å². The lowest BCUT2D eigenvalue weighted by Gasteiger charge is -2.20. The van der Waals surface area contributed by atoms with Crippen molar-refractivity contribution in [3.8, 4) is 11.3 Å². The number of nitrogens with one attached hydrogen (secondary N) is 1. The highest BCUT2D eigenvalue weighted by molar-refractivity contribution is 6.00. The van der Waals surface area contributed by atoms with Crippen LogP contribution in [-0.2, 0) is 12.8 Å². The number of hydrogen-bond donors (Lipinski definition) is 2. The number of halogens is 4. The van der Waals surface area contributed by atoms with Crippen LogP contribution in [-0.4, -0.2) is 40.3 Å². The third kappa shape index (κ3) is 4.97. The Bertz CT molecular complexity index is 1460. The summed E-state index contributed by atoms with van der Waals surface area (Å²) in [6.07, 6.45) is -4.36. The van der Waals surface area contributed by atoms with Crippen molar-refractivity contribution in [3.05, 3.63) is 89.2 Å². The van der Waals surface area contributed by atoms with Crippen molar-refractivity contribution >= 4 is 22.5 Å². The topological polar surface area (TPSA) is 78.4 Å². The van der Waals surface area contributed by atoms with Gasteiger partial charge in [-0.2, -0.15) is 13.2 Å². The second kappa shape index (κ2) is 9.78. The molecule has 1 aromatic heterocycles. The molecule has 0 radical (unpaired) electrons. The Labute approximate surface area is 209 Å². The molecule has 6 nitrogen and oxygen atoms in total. The van der Waals surface area contributed by atoms with Gasteiger partial charge in [-0.15, -0.1) is 10.2 Å². The number of hydrogen-bond acceptors (Lipinski definition) is 5. The SMILES string of the molecule is O=C(N[C@@H]1CCN(c2nnc(-c3ccc(CO)cc3)c3ccccc23)C1)c1ccc(F)cc1C(F)(F)F. The fourth-order valence-electron chi connectivity index (χ4n) is 4.59. The highest BCUT2D eigenvalue weighted by Gasteiger charge is 2.36. The van der Waals surface area contributed by atoms with Gasteiger partial charge in [-0.25, -0.2) is 4.39 Å². The molecule has 37 heavy (non-hydrogen) atoms. The summed E-state index contributed by atoms with van der Waals surface area (Å²) < 4.78 is 53.5. The number of alkyl halides is 3. The summed E-state index contributed by atoms with van der Waals surface area (Å²) in [6.45, 7) is 0.790.